The van der Waals surface area contributed by atoms with Gasteiger partial charge >= 0.3 is 0 Å². The molecule has 2 atom stereocenters. The number of rotatable bonds is 5. The summed E-state index contributed by atoms with van der Waals surface area (Å²) >= 11 is 0. The Morgan fingerprint density at radius 2 is 2.00 bits per heavy atom. The summed E-state index contributed by atoms with van der Waals surface area (Å²) in [6.07, 6.45) is 4.97. The zero-order valence-electron chi connectivity index (χ0n) is 12.2. The summed E-state index contributed by atoms with van der Waals surface area (Å²) in [5, 5.41) is 0. The lowest BCUT2D eigenvalue weighted by Crippen LogP contribution is -2.57. The minimum atomic E-state index is 0.245. The second-order valence-electron chi connectivity index (χ2n) is 5.63. The van der Waals surface area contributed by atoms with E-state index in [-0.39, 0.29) is 5.54 Å². The largest absolute Gasteiger partial charge is 0.329 e. The van der Waals surface area contributed by atoms with Crippen LogP contribution in [0.15, 0.2) is 0 Å². The smallest absolute Gasteiger partial charge is 0.0347 e. The fraction of sp³-hybridized carbons (Fsp3) is 1.00. The molecule has 0 spiro atoms. The fourth-order valence-corrected chi connectivity index (χ4v) is 3.26. The number of hydrogen-bond acceptors (Lipinski definition) is 3. The van der Waals surface area contributed by atoms with Gasteiger partial charge < -0.3 is 10.6 Å². The second kappa shape index (κ2) is 6.72. The molecule has 1 heterocycles. The molecule has 1 fully saturated rings. The Kier molecular flexibility index (Phi) is 5.90. The molecule has 0 saturated carbocycles. The van der Waals surface area contributed by atoms with E-state index < -0.39 is 0 Å². The first-order chi connectivity index (χ1) is 8.09. The van der Waals surface area contributed by atoms with Crippen LogP contribution in [0.4, 0.5) is 0 Å². The van der Waals surface area contributed by atoms with Gasteiger partial charge in [-0.2, -0.15) is 0 Å². The number of nitrogens with zero attached hydrogens (tertiary/aromatic N) is 2. The van der Waals surface area contributed by atoms with Gasteiger partial charge in [0, 0.05) is 18.1 Å². The highest BCUT2D eigenvalue weighted by Gasteiger charge is 2.37. The van der Waals surface area contributed by atoms with Crippen molar-refractivity contribution in [2.45, 2.75) is 58.0 Å². The highest BCUT2D eigenvalue weighted by atomic mass is 15.2. The summed E-state index contributed by atoms with van der Waals surface area (Å²) in [4.78, 5) is 5.11. The lowest BCUT2D eigenvalue weighted by atomic mass is 9.86. The molecule has 3 nitrogen and oxygen atoms in total. The molecule has 1 aliphatic rings. The maximum atomic E-state index is 6.16. The van der Waals surface area contributed by atoms with Crippen LogP contribution in [-0.4, -0.2) is 54.6 Å². The van der Waals surface area contributed by atoms with Crippen LogP contribution < -0.4 is 5.73 Å². The number of nitrogens with two attached hydrogens (primary N) is 1. The predicted octanol–water partition coefficient (Wildman–Crippen LogP) is 1.92. The topological polar surface area (TPSA) is 32.5 Å². The standard InChI is InChI=1S/C14H31N3/c1-5-13(3)17(6-2)14(12-15)8-7-10-16(4)11-9-14/h13H,5-12,15H2,1-4H3. The summed E-state index contributed by atoms with van der Waals surface area (Å²) < 4.78 is 0. The third-order valence-corrected chi connectivity index (χ3v) is 4.59. The molecule has 0 aromatic heterocycles. The van der Waals surface area contributed by atoms with Crippen molar-refractivity contribution in [1.82, 2.24) is 9.80 Å². The van der Waals surface area contributed by atoms with Crippen molar-refractivity contribution in [1.29, 1.82) is 0 Å². The summed E-state index contributed by atoms with van der Waals surface area (Å²) in [7, 11) is 2.23. The molecule has 0 amide bonds. The molecule has 1 rings (SSSR count). The predicted molar refractivity (Wildman–Crippen MR) is 75.3 cm³/mol. The Bertz CT molecular complexity index is 220. The SMILES string of the molecule is CCC(C)N(CC)C1(CN)CCCN(C)CC1. The summed E-state index contributed by atoms with van der Waals surface area (Å²) in [6, 6.07) is 0.645. The van der Waals surface area contributed by atoms with Gasteiger partial charge in [-0.25, -0.2) is 0 Å². The van der Waals surface area contributed by atoms with Crippen LogP contribution in [0.2, 0.25) is 0 Å². The van der Waals surface area contributed by atoms with Crippen molar-refractivity contribution in [3.05, 3.63) is 0 Å². The Hall–Kier alpha value is -0.120. The monoisotopic (exact) mass is 241 g/mol. The first kappa shape index (κ1) is 14.9. The van der Waals surface area contributed by atoms with Gasteiger partial charge in [0.2, 0.25) is 0 Å². The minimum Gasteiger partial charge on any atom is -0.329 e. The van der Waals surface area contributed by atoms with Gasteiger partial charge in [0.1, 0.15) is 0 Å². The van der Waals surface area contributed by atoms with Crippen molar-refractivity contribution in [2.24, 2.45) is 5.73 Å². The van der Waals surface area contributed by atoms with Gasteiger partial charge in [-0.15, -0.1) is 0 Å². The average molecular weight is 241 g/mol. The van der Waals surface area contributed by atoms with Crippen molar-refractivity contribution in [3.63, 3.8) is 0 Å². The molecule has 2 N–H and O–H groups in total. The summed E-state index contributed by atoms with van der Waals surface area (Å²) in [5.41, 5.74) is 6.41. The van der Waals surface area contributed by atoms with E-state index in [4.69, 9.17) is 5.73 Å². The Morgan fingerprint density at radius 1 is 1.29 bits per heavy atom. The Labute approximate surface area is 107 Å². The van der Waals surface area contributed by atoms with Crippen LogP contribution in [0.5, 0.6) is 0 Å². The van der Waals surface area contributed by atoms with E-state index in [1.165, 1.54) is 38.8 Å². The lowest BCUT2D eigenvalue weighted by Gasteiger charge is -2.46. The van der Waals surface area contributed by atoms with E-state index >= 15 is 0 Å². The molecule has 2 unspecified atom stereocenters. The first-order valence-electron chi connectivity index (χ1n) is 7.25. The molecule has 0 bridgehead atoms. The van der Waals surface area contributed by atoms with E-state index in [1.807, 2.05) is 0 Å². The van der Waals surface area contributed by atoms with Crippen molar-refractivity contribution >= 4 is 0 Å². The van der Waals surface area contributed by atoms with E-state index in [0.29, 0.717) is 6.04 Å². The van der Waals surface area contributed by atoms with Gasteiger partial charge in [-0.05, 0) is 59.3 Å². The molecule has 1 saturated heterocycles. The van der Waals surface area contributed by atoms with E-state index in [1.54, 1.807) is 0 Å². The molecule has 17 heavy (non-hydrogen) atoms. The highest BCUT2D eigenvalue weighted by Crippen LogP contribution is 2.30. The number of likely N-dealkylation sites (tertiary alicyclic amines) is 1. The summed E-state index contributed by atoms with van der Waals surface area (Å²) in [6.45, 7) is 11.2. The Morgan fingerprint density at radius 3 is 2.53 bits per heavy atom. The van der Waals surface area contributed by atoms with Crippen molar-refractivity contribution in [3.8, 4) is 0 Å². The van der Waals surface area contributed by atoms with Gasteiger partial charge in [0.25, 0.3) is 0 Å². The summed E-state index contributed by atoms with van der Waals surface area (Å²) in [5.74, 6) is 0. The van der Waals surface area contributed by atoms with Crippen LogP contribution in [0.3, 0.4) is 0 Å². The molecule has 102 valence electrons. The second-order valence-corrected chi connectivity index (χ2v) is 5.63. The van der Waals surface area contributed by atoms with E-state index in [2.05, 4.69) is 37.6 Å². The quantitative estimate of drug-likeness (QED) is 0.798. The molecule has 1 aliphatic heterocycles. The molecule has 0 aromatic rings. The zero-order chi connectivity index (χ0) is 12.9. The zero-order valence-corrected chi connectivity index (χ0v) is 12.2. The highest BCUT2D eigenvalue weighted by molar-refractivity contribution is 4.95. The van der Waals surface area contributed by atoms with E-state index in [0.717, 1.165) is 13.1 Å². The first-order valence-corrected chi connectivity index (χ1v) is 7.25. The number of hydrogen-bond donors (Lipinski definition) is 1. The van der Waals surface area contributed by atoms with Gasteiger partial charge in [0.15, 0.2) is 0 Å². The molecule has 3 heteroatoms. The van der Waals surface area contributed by atoms with Gasteiger partial charge in [0.05, 0.1) is 0 Å². The lowest BCUT2D eigenvalue weighted by molar-refractivity contribution is 0.0457. The van der Waals surface area contributed by atoms with Crippen LogP contribution in [-0.2, 0) is 0 Å². The molecular weight excluding hydrogens is 210 g/mol. The van der Waals surface area contributed by atoms with Crippen LogP contribution in [0.1, 0.15) is 46.5 Å². The molecular formula is C14H31N3. The third kappa shape index (κ3) is 3.43. The van der Waals surface area contributed by atoms with Gasteiger partial charge in [-0.1, -0.05) is 13.8 Å². The minimum absolute atomic E-state index is 0.245. The van der Waals surface area contributed by atoms with Crippen molar-refractivity contribution in [2.75, 3.05) is 33.2 Å². The van der Waals surface area contributed by atoms with Crippen LogP contribution in [0.25, 0.3) is 0 Å². The molecule has 0 aliphatic carbocycles. The maximum Gasteiger partial charge on any atom is 0.0347 e. The fourth-order valence-electron chi connectivity index (χ4n) is 3.26. The third-order valence-electron chi connectivity index (χ3n) is 4.59. The van der Waals surface area contributed by atoms with Crippen LogP contribution >= 0.6 is 0 Å². The molecule has 0 radical (unpaired) electrons. The van der Waals surface area contributed by atoms with Crippen molar-refractivity contribution < 1.29 is 0 Å². The van der Waals surface area contributed by atoms with Crippen LogP contribution in [0, 0.1) is 0 Å². The van der Waals surface area contributed by atoms with E-state index in [9.17, 15) is 0 Å². The maximum absolute atomic E-state index is 6.16. The Balaban J connectivity index is 2.83. The number of likely N-dealkylation sites (N-methyl/N-ethyl adjacent to an activating group) is 1. The molecule has 0 aromatic carbocycles. The normalized spacial score (nSPS) is 29.3. The average Bonchev–Trinajstić information content (AvgIpc) is 2.53. The van der Waals surface area contributed by atoms with Gasteiger partial charge in [-0.3, -0.25) is 4.90 Å².